The Hall–Kier alpha value is -1.59. The summed E-state index contributed by atoms with van der Waals surface area (Å²) in [6.45, 7) is 2.88. The molecule has 0 atom stereocenters. The maximum atomic E-state index is 12.8. The molecule has 5 heteroatoms. The molecule has 1 saturated heterocycles. The molecule has 0 aromatic heterocycles. The second kappa shape index (κ2) is 9.20. The van der Waals surface area contributed by atoms with Gasteiger partial charge in [-0.3, -0.25) is 4.79 Å². The van der Waals surface area contributed by atoms with E-state index in [2.05, 4.69) is 0 Å². The van der Waals surface area contributed by atoms with E-state index >= 15 is 0 Å². The van der Waals surface area contributed by atoms with E-state index in [0.717, 1.165) is 63.1 Å². The van der Waals surface area contributed by atoms with Gasteiger partial charge in [0.2, 0.25) is 0 Å². The molecule has 25 heavy (non-hydrogen) atoms. The van der Waals surface area contributed by atoms with Crippen molar-refractivity contribution in [2.45, 2.75) is 57.2 Å². The van der Waals surface area contributed by atoms with Crippen molar-refractivity contribution >= 4 is 5.91 Å². The third-order valence-corrected chi connectivity index (χ3v) is 5.12. The first-order valence-electron chi connectivity index (χ1n) is 9.64. The number of likely N-dealkylation sites (tertiary alicyclic amines) is 1. The van der Waals surface area contributed by atoms with Crippen molar-refractivity contribution in [3.8, 4) is 5.75 Å². The molecule has 1 aromatic carbocycles. The van der Waals surface area contributed by atoms with Gasteiger partial charge in [-0.15, -0.1) is 0 Å². The molecule has 0 bridgehead atoms. The Bertz CT molecular complexity index is 550. The molecule has 1 aromatic rings. The molecule has 0 spiro atoms. The van der Waals surface area contributed by atoms with Gasteiger partial charge in [0.05, 0.1) is 12.2 Å². The molecule has 5 nitrogen and oxygen atoms in total. The summed E-state index contributed by atoms with van der Waals surface area (Å²) in [7, 11) is 0. The van der Waals surface area contributed by atoms with Crippen LogP contribution in [0.25, 0.3) is 0 Å². The highest BCUT2D eigenvalue weighted by Crippen LogP contribution is 2.25. The molecule has 1 heterocycles. The van der Waals surface area contributed by atoms with Crippen LogP contribution in [-0.2, 0) is 4.74 Å². The number of hydrogen-bond acceptors (Lipinski definition) is 4. The summed E-state index contributed by atoms with van der Waals surface area (Å²) in [5.41, 5.74) is 6.21. The predicted octanol–water partition coefficient (Wildman–Crippen LogP) is 2.98. The van der Waals surface area contributed by atoms with Crippen molar-refractivity contribution in [1.82, 2.24) is 4.90 Å². The second-order valence-electron chi connectivity index (χ2n) is 7.06. The molecule has 2 fully saturated rings. The number of rotatable bonds is 7. The van der Waals surface area contributed by atoms with Gasteiger partial charge in [-0.05, 0) is 69.7 Å². The van der Waals surface area contributed by atoms with Gasteiger partial charge >= 0.3 is 0 Å². The quantitative estimate of drug-likeness (QED) is 0.771. The van der Waals surface area contributed by atoms with E-state index < -0.39 is 0 Å². The monoisotopic (exact) mass is 346 g/mol. The van der Waals surface area contributed by atoms with Gasteiger partial charge in [0.1, 0.15) is 5.75 Å². The largest absolute Gasteiger partial charge is 0.490 e. The van der Waals surface area contributed by atoms with Gasteiger partial charge in [0.15, 0.2) is 0 Å². The first kappa shape index (κ1) is 18.2. The van der Waals surface area contributed by atoms with Crippen LogP contribution in [-0.4, -0.2) is 49.3 Å². The smallest absolute Gasteiger partial charge is 0.253 e. The van der Waals surface area contributed by atoms with Crippen LogP contribution in [0.5, 0.6) is 5.75 Å². The van der Waals surface area contributed by atoms with E-state index in [1.165, 1.54) is 12.8 Å². The van der Waals surface area contributed by atoms with Crippen LogP contribution >= 0.6 is 0 Å². The highest BCUT2D eigenvalue weighted by atomic mass is 16.5. The minimum Gasteiger partial charge on any atom is -0.490 e. The first-order chi connectivity index (χ1) is 12.3. The third-order valence-electron chi connectivity index (χ3n) is 5.12. The fourth-order valence-corrected chi connectivity index (χ4v) is 3.64. The van der Waals surface area contributed by atoms with Crippen molar-refractivity contribution in [2.75, 3.05) is 26.2 Å². The normalized spacial score (nSPS) is 19.3. The first-order valence-corrected chi connectivity index (χ1v) is 9.64. The summed E-state index contributed by atoms with van der Waals surface area (Å²) in [6.07, 6.45) is 7.98. The van der Waals surface area contributed by atoms with E-state index in [-0.39, 0.29) is 12.0 Å². The molecule has 2 N–H and O–H groups in total. The Labute approximate surface area is 150 Å². The lowest BCUT2D eigenvalue weighted by molar-refractivity contribution is 0.00843. The van der Waals surface area contributed by atoms with Crippen LogP contribution in [0.1, 0.15) is 55.3 Å². The lowest BCUT2D eigenvalue weighted by atomic mass is 10.1. The Kier molecular flexibility index (Phi) is 6.70. The molecule has 1 amide bonds. The highest BCUT2D eigenvalue weighted by molar-refractivity contribution is 5.94. The van der Waals surface area contributed by atoms with Crippen molar-refractivity contribution in [1.29, 1.82) is 0 Å². The van der Waals surface area contributed by atoms with E-state index in [1.807, 2.05) is 29.2 Å². The minimum atomic E-state index is 0.0947. The standard InChI is InChI=1S/C20H30N2O3/c21-11-4-14-24-17-9-12-22(13-10-17)20(23)16-5-3-8-19(15-16)25-18-6-1-2-7-18/h3,5,8,15,17-18H,1-2,4,6-7,9-14,21H2. The van der Waals surface area contributed by atoms with Crippen LogP contribution in [0.3, 0.4) is 0 Å². The summed E-state index contributed by atoms with van der Waals surface area (Å²) in [5, 5.41) is 0. The van der Waals surface area contributed by atoms with Crippen LogP contribution in [0.2, 0.25) is 0 Å². The SMILES string of the molecule is NCCCOC1CCN(C(=O)c2cccc(OC3CCCC3)c2)CC1. The average Bonchev–Trinajstić information content (AvgIpc) is 3.15. The van der Waals surface area contributed by atoms with Crippen LogP contribution in [0.4, 0.5) is 0 Å². The van der Waals surface area contributed by atoms with Crippen LogP contribution < -0.4 is 10.5 Å². The third kappa shape index (κ3) is 5.19. The van der Waals surface area contributed by atoms with Crippen LogP contribution in [0.15, 0.2) is 24.3 Å². The van der Waals surface area contributed by atoms with Gasteiger partial charge in [0.25, 0.3) is 5.91 Å². The number of nitrogens with two attached hydrogens (primary N) is 1. The zero-order chi connectivity index (χ0) is 17.5. The van der Waals surface area contributed by atoms with Crippen molar-refractivity contribution in [3.05, 3.63) is 29.8 Å². The van der Waals surface area contributed by atoms with Gasteiger partial charge < -0.3 is 20.1 Å². The van der Waals surface area contributed by atoms with Crippen molar-refractivity contribution in [3.63, 3.8) is 0 Å². The number of amides is 1. The maximum absolute atomic E-state index is 12.8. The molecule has 3 rings (SSSR count). The fraction of sp³-hybridized carbons (Fsp3) is 0.650. The Morgan fingerprint density at radius 3 is 2.60 bits per heavy atom. The number of hydrogen-bond donors (Lipinski definition) is 1. The fourth-order valence-electron chi connectivity index (χ4n) is 3.64. The van der Waals surface area contributed by atoms with Gasteiger partial charge in [-0.25, -0.2) is 0 Å². The predicted molar refractivity (Wildman–Crippen MR) is 97.9 cm³/mol. The lowest BCUT2D eigenvalue weighted by Crippen LogP contribution is -2.41. The van der Waals surface area contributed by atoms with Gasteiger partial charge in [-0.2, -0.15) is 0 Å². The number of nitrogens with zero attached hydrogens (tertiary/aromatic N) is 1. The second-order valence-corrected chi connectivity index (χ2v) is 7.06. The lowest BCUT2D eigenvalue weighted by Gasteiger charge is -2.32. The average molecular weight is 346 g/mol. The van der Waals surface area contributed by atoms with Crippen molar-refractivity contribution < 1.29 is 14.3 Å². The zero-order valence-corrected chi connectivity index (χ0v) is 15.0. The van der Waals surface area contributed by atoms with E-state index in [9.17, 15) is 4.79 Å². The Balaban J connectivity index is 1.51. The summed E-state index contributed by atoms with van der Waals surface area (Å²) >= 11 is 0. The summed E-state index contributed by atoms with van der Waals surface area (Å²) in [5.74, 6) is 0.912. The number of piperidine rings is 1. The number of benzene rings is 1. The van der Waals surface area contributed by atoms with Gasteiger partial charge in [-0.1, -0.05) is 6.07 Å². The molecular formula is C20H30N2O3. The number of ether oxygens (including phenoxy) is 2. The van der Waals surface area contributed by atoms with Crippen LogP contribution in [0, 0.1) is 0 Å². The molecule has 0 radical (unpaired) electrons. The highest BCUT2D eigenvalue weighted by Gasteiger charge is 2.24. The Morgan fingerprint density at radius 1 is 1.12 bits per heavy atom. The molecule has 1 aliphatic heterocycles. The molecule has 1 saturated carbocycles. The molecular weight excluding hydrogens is 316 g/mol. The maximum Gasteiger partial charge on any atom is 0.253 e. The molecule has 1 aliphatic carbocycles. The van der Waals surface area contributed by atoms with E-state index in [0.29, 0.717) is 12.6 Å². The minimum absolute atomic E-state index is 0.0947. The Morgan fingerprint density at radius 2 is 1.88 bits per heavy atom. The molecule has 0 unspecified atom stereocenters. The number of carbonyl (C=O) groups excluding carboxylic acids is 1. The number of carbonyl (C=O) groups is 1. The van der Waals surface area contributed by atoms with Gasteiger partial charge in [0, 0.05) is 25.3 Å². The molecule has 2 aliphatic rings. The van der Waals surface area contributed by atoms with E-state index in [4.69, 9.17) is 15.2 Å². The molecule has 138 valence electrons. The summed E-state index contributed by atoms with van der Waals surface area (Å²) < 4.78 is 11.8. The van der Waals surface area contributed by atoms with E-state index in [1.54, 1.807) is 0 Å². The summed E-state index contributed by atoms with van der Waals surface area (Å²) in [6, 6.07) is 7.64. The van der Waals surface area contributed by atoms with Crippen molar-refractivity contribution in [2.24, 2.45) is 5.73 Å². The summed E-state index contributed by atoms with van der Waals surface area (Å²) in [4.78, 5) is 14.7. The zero-order valence-electron chi connectivity index (χ0n) is 15.0. The topological polar surface area (TPSA) is 64.8 Å².